The Hall–Kier alpha value is -2.42. The number of amides is 1. The van der Waals surface area contributed by atoms with Crippen LogP contribution in [0.3, 0.4) is 0 Å². The Morgan fingerprint density at radius 2 is 1.64 bits per heavy atom. The van der Waals surface area contributed by atoms with E-state index in [1.165, 1.54) is 5.56 Å². The zero-order chi connectivity index (χ0) is 15.7. The number of hydrogen-bond acceptors (Lipinski definition) is 2. The summed E-state index contributed by atoms with van der Waals surface area (Å²) in [5, 5.41) is 3.14. The molecule has 112 valence electrons. The van der Waals surface area contributed by atoms with Crippen molar-refractivity contribution in [3.63, 3.8) is 0 Å². The average molecular weight is 293 g/mol. The second-order valence-corrected chi connectivity index (χ2v) is 6.27. The number of carbonyl (C=O) groups is 2. The number of hydrogen-bond donors (Lipinski definition) is 1. The average Bonchev–Trinajstić information content (AvgIpc) is 2.82. The highest BCUT2D eigenvalue weighted by atomic mass is 16.1. The molecule has 0 saturated carbocycles. The van der Waals surface area contributed by atoms with E-state index in [1.54, 1.807) is 6.92 Å². The topological polar surface area (TPSA) is 46.2 Å². The van der Waals surface area contributed by atoms with Crippen LogP contribution in [0, 0.1) is 0 Å². The standard InChI is InChI=1S/C19H19NO2/c1-13(21)15-8-9-16-11-19(2,12-17(16)10-15)20-18(22)14-6-4-3-5-7-14/h3-10H,11-12H2,1-2H3,(H,20,22)/t19-/m1/s1. The van der Waals surface area contributed by atoms with Gasteiger partial charge in [-0.1, -0.05) is 30.3 Å². The highest BCUT2D eigenvalue weighted by Gasteiger charge is 2.34. The lowest BCUT2D eigenvalue weighted by Gasteiger charge is -2.25. The number of nitrogens with one attached hydrogen (secondary N) is 1. The largest absolute Gasteiger partial charge is 0.346 e. The Labute approximate surface area is 130 Å². The van der Waals surface area contributed by atoms with Crippen LogP contribution in [0.4, 0.5) is 0 Å². The van der Waals surface area contributed by atoms with E-state index in [2.05, 4.69) is 12.2 Å². The zero-order valence-electron chi connectivity index (χ0n) is 12.8. The Bertz CT molecular complexity index is 736. The molecule has 0 bridgehead atoms. The fraction of sp³-hybridized carbons (Fsp3) is 0.263. The lowest BCUT2D eigenvalue weighted by Crippen LogP contribution is -2.46. The number of Topliss-reactive ketones (excluding diaryl/α,β-unsaturated/α-hetero) is 1. The second kappa shape index (κ2) is 5.41. The van der Waals surface area contributed by atoms with Crippen molar-refractivity contribution in [1.82, 2.24) is 5.32 Å². The summed E-state index contributed by atoms with van der Waals surface area (Å²) in [7, 11) is 0. The second-order valence-electron chi connectivity index (χ2n) is 6.27. The molecule has 0 radical (unpaired) electrons. The summed E-state index contributed by atoms with van der Waals surface area (Å²) in [6.45, 7) is 3.63. The molecule has 1 atom stereocenters. The molecule has 0 heterocycles. The van der Waals surface area contributed by atoms with Gasteiger partial charge in [-0.3, -0.25) is 9.59 Å². The molecule has 0 unspecified atom stereocenters. The van der Waals surface area contributed by atoms with Crippen molar-refractivity contribution < 1.29 is 9.59 Å². The molecule has 0 aromatic heterocycles. The van der Waals surface area contributed by atoms with E-state index in [9.17, 15) is 9.59 Å². The van der Waals surface area contributed by atoms with Crippen LogP contribution in [0.15, 0.2) is 48.5 Å². The fourth-order valence-electron chi connectivity index (χ4n) is 3.11. The lowest BCUT2D eigenvalue weighted by molar-refractivity contribution is 0.0908. The van der Waals surface area contributed by atoms with E-state index in [-0.39, 0.29) is 17.2 Å². The summed E-state index contributed by atoms with van der Waals surface area (Å²) in [5.74, 6) is 0.0208. The monoisotopic (exact) mass is 293 g/mol. The highest BCUT2D eigenvalue weighted by Crippen LogP contribution is 2.31. The van der Waals surface area contributed by atoms with Crippen molar-refractivity contribution in [1.29, 1.82) is 0 Å². The van der Waals surface area contributed by atoms with Gasteiger partial charge < -0.3 is 5.32 Å². The molecule has 0 spiro atoms. The SMILES string of the molecule is CC(=O)c1ccc2c(c1)C[C@](C)(NC(=O)c1ccccc1)C2. The van der Waals surface area contributed by atoms with Crippen LogP contribution in [0.5, 0.6) is 0 Å². The molecule has 22 heavy (non-hydrogen) atoms. The first-order valence-electron chi connectivity index (χ1n) is 7.47. The van der Waals surface area contributed by atoms with Gasteiger partial charge in [0.15, 0.2) is 5.78 Å². The minimum Gasteiger partial charge on any atom is -0.346 e. The first kappa shape index (κ1) is 14.5. The third-order valence-electron chi connectivity index (χ3n) is 4.23. The molecule has 0 fully saturated rings. The predicted molar refractivity (Wildman–Crippen MR) is 86.2 cm³/mol. The molecule has 1 N–H and O–H groups in total. The maximum Gasteiger partial charge on any atom is 0.251 e. The minimum atomic E-state index is -0.301. The van der Waals surface area contributed by atoms with Gasteiger partial charge in [-0.25, -0.2) is 0 Å². The van der Waals surface area contributed by atoms with E-state index >= 15 is 0 Å². The summed E-state index contributed by atoms with van der Waals surface area (Å²) < 4.78 is 0. The summed E-state index contributed by atoms with van der Waals surface area (Å²) in [5.41, 5.74) is 3.47. The van der Waals surface area contributed by atoms with Gasteiger partial charge in [0, 0.05) is 16.7 Å². The summed E-state index contributed by atoms with van der Waals surface area (Å²) in [4.78, 5) is 23.9. The van der Waals surface area contributed by atoms with Crippen LogP contribution >= 0.6 is 0 Å². The first-order chi connectivity index (χ1) is 10.5. The lowest BCUT2D eigenvalue weighted by atomic mass is 9.98. The molecule has 0 aliphatic heterocycles. The van der Waals surface area contributed by atoms with Gasteiger partial charge >= 0.3 is 0 Å². The molecular weight excluding hydrogens is 274 g/mol. The van der Waals surface area contributed by atoms with E-state index in [0.29, 0.717) is 5.56 Å². The number of carbonyl (C=O) groups excluding carboxylic acids is 2. The van der Waals surface area contributed by atoms with Crippen LogP contribution in [0.2, 0.25) is 0 Å². The summed E-state index contributed by atoms with van der Waals surface area (Å²) >= 11 is 0. The number of ketones is 1. The molecule has 1 aliphatic carbocycles. The van der Waals surface area contributed by atoms with Gasteiger partial charge in [-0.05, 0) is 56.0 Å². The van der Waals surface area contributed by atoms with Gasteiger partial charge in [-0.15, -0.1) is 0 Å². The molecule has 3 rings (SSSR count). The maximum atomic E-state index is 12.4. The van der Waals surface area contributed by atoms with Crippen LogP contribution in [-0.4, -0.2) is 17.2 Å². The highest BCUT2D eigenvalue weighted by molar-refractivity contribution is 5.95. The van der Waals surface area contributed by atoms with Crippen molar-refractivity contribution in [2.75, 3.05) is 0 Å². The third-order valence-corrected chi connectivity index (χ3v) is 4.23. The van der Waals surface area contributed by atoms with Crippen molar-refractivity contribution in [2.45, 2.75) is 32.2 Å². The quantitative estimate of drug-likeness (QED) is 0.883. The molecule has 3 heteroatoms. The van der Waals surface area contributed by atoms with Crippen molar-refractivity contribution in [3.05, 3.63) is 70.8 Å². The minimum absolute atomic E-state index is 0.0531. The Balaban J connectivity index is 1.79. The van der Waals surface area contributed by atoms with Gasteiger partial charge in [0.2, 0.25) is 0 Å². The molecule has 1 aliphatic rings. The van der Waals surface area contributed by atoms with Gasteiger partial charge in [0.1, 0.15) is 0 Å². The first-order valence-corrected chi connectivity index (χ1v) is 7.47. The fourth-order valence-corrected chi connectivity index (χ4v) is 3.11. The van der Waals surface area contributed by atoms with E-state index in [1.807, 2.05) is 48.5 Å². The maximum absolute atomic E-state index is 12.4. The summed E-state index contributed by atoms with van der Waals surface area (Å²) in [6.07, 6.45) is 1.54. The molecule has 2 aromatic rings. The van der Waals surface area contributed by atoms with E-state index in [0.717, 1.165) is 24.0 Å². The van der Waals surface area contributed by atoms with Gasteiger partial charge in [0.25, 0.3) is 5.91 Å². The smallest absolute Gasteiger partial charge is 0.251 e. The predicted octanol–water partition coefficient (Wildman–Crippen LogP) is 3.18. The van der Waals surface area contributed by atoms with Gasteiger partial charge in [0.05, 0.1) is 0 Å². The molecular formula is C19H19NO2. The molecule has 3 nitrogen and oxygen atoms in total. The Morgan fingerprint density at radius 3 is 2.32 bits per heavy atom. The Kier molecular flexibility index (Phi) is 3.57. The molecule has 1 amide bonds. The normalized spacial score (nSPS) is 19.5. The molecule has 0 saturated heterocycles. The van der Waals surface area contributed by atoms with Crippen molar-refractivity contribution in [2.24, 2.45) is 0 Å². The number of benzene rings is 2. The van der Waals surface area contributed by atoms with E-state index in [4.69, 9.17) is 0 Å². The zero-order valence-corrected chi connectivity index (χ0v) is 12.8. The van der Waals surface area contributed by atoms with Crippen LogP contribution in [0.1, 0.15) is 45.7 Å². The van der Waals surface area contributed by atoms with Crippen LogP contribution in [-0.2, 0) is 12.8 Å². The van der Waals surface area contributed by atoms with Gasteiger partial charge in [-0.2, -0.15) is 0 Å². The number of rotatable bonds is 3. The third kappa shape index (κ3) is 2.80. The van der Waals surface area contributed by atoms with Crippen molar-refractivity contribution >= 4 is 11.7 Å². The van der Waals surface area contributed by atoms with Crippen LogP contribution < -0.4 is 5.32 Å². The Morgan fingerprint density at radius 1 is 0.955 bits per heavy atom. The van der Waals surface area contributed by atoms with E-state index < -0.39 is 0 Å². The summed E-state index contributed by atoms with van der Waals surface area (Å²) in [6, 6.07) is 15.1. The van der Waals surface area contributed by atoms with Crippen LogP contribution in [0.25, 0.3) is 0 Å². The van der Waals surface area contributed by atoms with Crippen molar-refractivity contribution in [3.8, 4) is 0 Å². The number of fused-ring (bicyclic) bond motifs is 1. The molecule has 2 aromatic carbocycles.